The highest BCUT2D eigenvalue weighted by molar-refractivity contribution is 7.07. The number of hydrogen-bond donors (Lipinski definition) is 2. The van der Waals surface area contributed by atoms with Crippen molar-refractivity contribution in [3.63, 3.8) is 0 Å². The highest BCUT2D eigenvalue weighted by Gasteiger charge is 2.25. The predicted octanol–water partition coefficient (Wildman–Crippen LogP) is 3.41. The zero-order valence-electron chi connectivity index (χ0n) is 18.4. The van der Waals surface area contributed by atoms with E-state index in [1.54, 1.807) is 36.0 Å². The van der Waals surface area contributed by atoms with Gasteiger partial charge in [0.15, 0.2) is 18.1 Å². The molecule has 0 aliphatic rings. The first kappa shape index (κ1) is 24.5. The summed E-state index contributed by atoms with van der Waals surface area (Å²) in [7, 11) is 1.37. The molecule has 0 bridgehead atoms. The third kappa shape index (κ3) is 6.42. The number of thiazole rings is 1. The van der Waals surface area contributed by atoms with Crippen LogP contribution in [0.25, 0.3) is 0 Å². The number of nitro groups is 1. The van der Waals surface area contributed by atoms with Crippen LogP contribution in [0.2, 0.25) is 0 Å². The quantitative estimate of drug-likeness (QED) is 0.310. The summed E-state index contributed by atoms with van der Waals surface area (Å²) in [6.45, 7) is 2.18. The van der Waals surface area contributed by atoms with Gasteiger partial charge in [0.25, 0.3) is 17.5 Å². The Kier molecular flexibility index (Phi) is 8.35. The van der Waals surface area contributed by atoms with Crippen LogP contribution in [-0.2, 0) is 11.4 Å². The lowest BCUT2D eigenvalue weighted by atomic mass is 10.1. The van der Waals surface area contributed by atoms with Crippen molar-refractivity contribution in [1.82, 2.24) is 10.3 Å². The van der Waals surface area contributed by atoms with Crippen LogP contribution in [0.1, 0.15) is 23.0 Å². The number of anilines is 1. The van der Waals surface area contributed by atoms with Gasteiger partial charge in [-0.15, -0.1) is 11.3 Å². The molecule has 0 saturated heterocycles. The first-order chi connectivity index (χ1) is 16.4. The third-order valence-electron chi connectivity index (χ3n) is 4.42. The number of carbonyl (C=O) groups excluding carboxylic acids is 2. The number of likely N-dealkylation sites (N-methyl/N-ethyl adjacent to an activating group) is 1. The lowest BCUT2D eigenvalue weighted by molar-refractivity contribution is -0.385. The average Bonchev–Trinajstić information content (AvgIpc) is 3.35. The highest BCUT2D eigenvalue weighted by atomic mass is 32.1. The maximum absolute atomic E-state index is 12.9. The number of ether oxygens (including phenoxy) is 3. The van der Waals surface area contributed by atoms with Gasteiger partial charge >= 0.3 is 0 Å². The molecule has 12 heteroatoms. The van der Waals surface area contributed by atoms with Gasteiger partial charge < -0.3 is 24.8 Å². The Balaban J connectivity index is 1.79. The van der Waals surface area contributed by atoms with Gasteiger partial charge in [0, 0.05) is 29.7 Å². The van der Waals surface area contributed by atoms with Gasteiger partial charge in [-0.3, -0.25) is 19.7 Å². The number of aromatic nitrogens is 1. The van der Waals surface area contributed by atoms with Gasteiger partial charge in [-0.25, -0.2) is 4.98 Å². The van der Waals surface area contributed by atoms with E-state index < -0.39 is 16.5 Å². The fourth-order valence-corrected chi connectivity index (χ4v) is 3.42. The second kappa shape index (κ2) is 11.6. The van der Waals surface area contributed by atoms with E-state index in [1.165, 1.54) is 30.6 Å². The fourth-order valence-electron chi connectivity index (χ4n) is 2.87. The SMILES string of the molecule is CCNC(=O)COc1cccc(NC(=O)c2cc(OC)c(OCc3cscn3)cc2[N+](=O)[O-])c1. The third-order valence-corrected chi connectivity index (χ3v) is 5.05. The Morgan fingerprint density at radius 2 is 2.00 bits per heavy atom. The van der Waals surface area contributed by atoms with Gasteiger partial charge in [-0.2, -0.15) is 0 Å². The van der Waals surface area contributed by atoms with Crippen molar-refractivity contribution >= 4 is 34.5 Å². The molecular formula is C22H22N4O7S. The molecule has 178 valence electrons. The van der Waals surface area contributed by atoms with E-state index in [9.17, 15) is 19.7 Å². The first-order valence-corrected chi connectivity index (χ1v) is 11.0. The van der Waals surface area contributed by atoms with Crippen LogP contribution in [0, 0.1) is 10.1 Å². The number of carbonyl (C=O) groups is 2. The fraction of sp³-hybridized carbons (Fsp3) is 0.227. The molecule has 2 amide bonds. The molecule has 0 fully saturated rings. The number of nitro benzene ring substituents is 1. The number of benzene rings is 2. The van der Waals surface area contributed by atoms with Crippen molar-refractivity contribution in [2.75, 3.05) is 25.6 Å². The molecular weight excluding hydrogens is 464 g/mol. The summed E-state index contributed by atoms with van der Waals surface area (Å²) in [6.07, 6.45) is 0. The lowest BCUT2D eigenvalue weighted by Gasteiger charge is -2.13. The minimum Gasteiger partial charge on any atom is -0.493 e. The van der Waals surface area contributed by atoms with E-state index in [0.29, 0.717) is 23.7 Å². The number of methoxy groups -OCH3 is 1. The molecule has 0 spiro atoms. The molecule has 0 saturated carbocycles. The molecule has 0 radical (unpaired) electrons. The number of nitrogens with zero attached hydrogens (tertiary/aromatic N) is 2. The van der Waals surface area contributed by atoms with Crippen molar-refractivity contribution < 1.29 is 28.7 Å². The van der Waals surface area contributed by atoms with Crippen molar-refractivity contribution in [1.29, 1.82) is 0 Å². The van der Waals surface area contributed by atoms with Crippen LogP contribution in [0.15, 0.2) is 47.3 Å². The summed E-state index contributed by atoms with van der Waals surface area (Å²) in [5.41, 5.74) is 1.97. The number of nitrogens with one attached hydrogen (secondary N) is 2. The summed E-state index contributed by atoms with van der Waals surface area (Å²) in [5.74, 6) is -0.389. The molecule has 3 aromatic rings. The Labute approximate surface area is 198 Å². The summed E-state index contributed by atoms with van der Waals surface area (Å²) in [5, 5.41) is 18.7. The van der Waals surface area contributed by atoms with Crippen LogP contribution in [0.5, 0.6) is 17.2 Å². The van der Waals surface area contributed by atoms with Crippen LogP contribution < -0.4 is 24.8 Å². The standard InChI is InChI=1S/C22H22N4O7S/c1-3-23-21(27)11-32-16-6-4-5-14(7-16)25-22(28)17-8-19(31-2)20(9-18(17)26(29)30)33-10-15-12-34-13-24-15/h4-9,12-13H,3,10-11H2,1-2H3,(H,23,27)(H,25,28). The van der Waals surface area contributed by atoms with Gasteiger partial charge in [-0.1, -0.05) is 6.07 Å². The van der Waals surface area contributed by atoms with Crippen LogP contribution >= 0.6 is 11.3 Å². The number of rotatable bonds is 11. The monoisotopic (exact) mass is 486 g/mol. The summed E-state index contributed by atoms with van der Waals surface area (Å²) in [6, 6.07) is 8.73. The van der Waals surface area contributed by atoms with Gasteiger partial charge in [0.1, 0.15) is 17.9 Å². The van der Waals surface area contributed by atoms with E-state index in [2.05, 4.69) is 15.6 Å². The molecule has 0 atom stereocenters. The second-order valence-corrected chi connectivity index (χ2v) is 7.49. The van der Waals surface area contributed by atoms with Crippen molar-refractivity contribution in [2.45, 2.75) is 13.5 Å². The molecule has 0 unspecified atom stereocenters. The maximum Gasteiger partial charge on any atom is 0.286 e. The molecule has 0 aliphatic heterocycles. The maximum atomic E-state index is 12.9. The van der Waals surface area contributed by atoms with E-state index in [0.717, 1.165) is 6.07 Å². The van der Waals surface area contributed by atoms with Gasteiger partial charge in [0.2, 0.25) is 0 Å². The smallest absolute Gasteiger partial charge is 0.286 e. The zero-order valence-corrected chi connectivity index (χ0v) is 19.2. The molecule has 1 aromatic heterocycles. The lowest BCUT2D eigenvalue weighted by Crippen LogP contribution is -2.28. The molecule has 11 nitrogen and oxygen atoms in total. The average molecular weight is 487 g/mol. The molecule has 2 N–H and O–H groups in total. The van der Waals surface area contributed by atoms with E-state index in [4.69, 9.17) is 14.2 Å². The Morgan fingerprint density at radius 1 is 1.18 bits per heavy atom. The minimum atomic E-state index is -0.725. The molecule has 2 aromatic carbocycles. The number of hydrogen-bond acceptors (Lipinski definition) is 9. The minimum absolute atomic E-state index is 0.0889. The largest absolute Gasteiger partial charge is 0.493 e. The summed E-state index contributed by atoms with van der Waals surface area (Å²) in [4.78, 5) is 39.6. The normalized spacial score (nSPS) is 10.3. The number of amides is 2. The van der Waals surface area contributed by atoms with Crippen molar-refractivity contribution in [3.05, 3.63) is 68.7 Å². The zero-order chi connectivity index (χ0) is 24.5. The summed E-state index contributed by atoms with van der Waals surface area (Å²) >= 11 is 1.40. The van der Waals surface area contributed by atoms with Crippen molar-refractivity contribution in [2.24, 2.45) is 0 Å². The molecule has 0 aliphatic carbocycles. The van der Waals surface area contributed by atoms with Crippen LogP contribution in [-0.4, -0.2) is 42.0 Å². The summed E-state index contributed by atoms with van der Waals surface area (Å²) < 4.78 is 16.3. The predicted molar refractivity (Wildman–Crippen MR) is 125 cm³/mol. The second-order valence-electron chi connectivity index (χ2n) is 6.77. The molecule has 34 heavy (non-hydrogen) atoms. The van der Waals surface area contributed by atoms with Crippen molar-refractivity contribution in [3.8, 4) is 17.2 Å². The van der Waals surface area contributed by atoms with E-state index in [1.807, 2.05) is 0 Å². The van der Waals surface area contributed by atoms with Crippen LogP contribution in [0.4, 0.5) is 11.4 Å². The Bertz CT molecular complexity index is 1170. The van der Waals surface area contributed by atoms with Gasteiger partial charge in [-0.05, 0) is 19.1 Å². The first-order valence-electron chi connectivity index (χ1n) is 10.1. The van der Waals surface area contributed by atoms with Gasteiger partial charge in [0.05, 0.1) is 29.3 Å². The Morgan fingerprint density at radius 3 is 2.68 bits per heavy atom. The topological polar surface area (TPSA) is 142 Å². The van der Waals surface area contributed by atoms with E-state index in [-0.39, 0.29) is 36.2 Å². The highest BCUT2D eigenvalue weighted by Crippen LogP contribution is 2.35. The molecule has 3 rings (SSSR count). The van der Waals surface area contributed by atoms with Crippen LogP contribution in [0.3, 0.4) is 0 Å². The Hall–Kier alpha value is -4.19. The molecule has 1 heterocycles. The van der Waals surface area contributed by atoms with E-state index >= 15 is 0 Å².